The SMILES string of the molecule is CCC(CC)(NC(=O)CC(C)C1CCCNC1)C(N)=O. The second-order valence-electron chi connectivity index (χ2n) is 5.99. The highest BCUT2D eigenvalue weighted by Gasteiger charge is 2.35. The molecule has 2 atom stereocenters. The summed E-state index contributed by atoms with van der Waals surface area (Å²) in [5.41, 5.74) is 4.56. The highest BCUT2D eigenvalue weighted by atomic mass is 16.2. The van der Waals surface area contributed by atoms with Crippen LogP contribution in [0.4, 0.5) is 0 Å². The summed E-state index contributed by atoms with van der Waals surface area (Å²) in [7, 11) is 0. The van der Waals surface area contributed by atoms with Crippen LogP contribution < -0.4 is 16.4 Å². The summed E-state index contributed by atoms with van der Waals surface area (Å²) in [6.07, 6.45) is 3.87. The molecule has 2 unspecified atom stereocenters. The quantitative estimate of drug-likeness (QED) is 0.656. The van der Waals surface area contributed by atoms with E-state index in [0.29, 0.717) is 31.1 Å². The predicted octanol–water partition coefficient (Wildman–Crippen LogP) is 1.17. The van der Waals surface area contributed by atoms with Crippen molar-refractivity contribution in [1.82, 2.24) is 10.6 Å². The molecule has 0 aliphatic carbocycles. The normalized spacial score (nSPS) is 21.2. The van der Waals surface area contributed by atoms with Crippen LogP contribution in [0, 0.1) is 11.8 Å². The zero-order chi connectivity index (χ0) is 15.2. The van der Waals surface area contributed by atoms with Crippen LogP contribution in [-0.2, 0) is 9.59 Å². The summed E-state index contributed by atoms with van der Waals surface area (Å²) in [6.45, 7) is 7.93. The molecule has 20 heavy (non-hydrogen) atoms. The Labute approximate surface area is 122 Å². The first-order valence-electron chi connectivity index (χ1n) is 7.76. The lowest BCUT2D eigenvalue weighted by Gasteiger charge is -2.32. The van der Waals surface area contributed by atoms with Gasteiger partial charge in [-0.15, -0.1) is 0 Å². The molecule has 5 heteroatoms. The lowest BCUT2D eigenvalue weighted by atomic mass is 9.84. The van der Waals surface area contributed by atoms with Gasteiger partial charge in [0.25, 0.3) is 0 Å². The summed E-state index contributed by atoms with van der Waals surface area (Å²) >= 11 is 0. The monoisotopic (exact) mass is 283 g/mol. The van der Waals surface area contributed by atoms with E-state index in [1.807, 2.05) is 13.8 Å². The maximum absolute atomic E-state index is 12.2. The van der Waals surface area contributed by atoms with Gasteiger partial charge < -0.3 is 16.4 Å². The van der Waals surface area contributed by atoms with E-state index >= 15 is 0 Å². The van der Waals surface area contributed by atoms with Gasteiger partial charge in [-0.25, -0.2) is 0 Å². The Morgan fingerprint density at radius 3 is 2.50 bits per heavy atom. The van der Waals surface area contributed by atoms with Crippen molar-refractivity contribution in [3.8, 4) is 0 Å². The zero-order valence-corrected chi connectivity index (χ0v) is 13.0. The number of amides is 2. The van der Waals surface area contributed by atoms with Gasteiger partial charge in [-0.1, -0.05) is 20.8 Å². The van der Waals surface area contributed by atoms with Gasteiger partial charge in [0.1, 0.15) is 5.54 Å². The predicted molar refractivity (Wildman–Crippen MR) is 80.0 cm³/mol. The molecule has 1 saturated heterocycles. The molecule has 0 aromatic carbocycles. The summed E-state index contributed by atoms with van der Waals surface area (Å²) in [4.78, 5) is 23.8. The molecule has 5 nitrogen and oxygen atoms in total. The third-order valence-electron chi connectivity index (χ3n) is 4.70. The Bertz CT molecular complexity index is 334. The van der Waals surface area contributed by atoms with Crippen molar-refractivity contribution >= 4 is 11.8 Å². The number of rotatable bonds is 7. The lowest BCUT2D eigenvalue weighted by molar-refractivity contribution is -0.132. The van der Waals surface area contributed by atoms with Crippen LogP contribution in [0.3, 0.4) is 0 Å². The fraction of sp³-hybridized carbons (Fsp3) is 0.867. The van der Waals surface area contributed by atoms with E-state index in [0.717, 1.165) is 13.1 Å². The highest BCUT2D eigenvalue weighted by molar-refractivity contribution is 5.90. The van der Waals surface area contributed by atoms with Gasteiger partial charge in [0.05, 0.1) is 0 Å². The van der Waals surface area contributed by atoms with Crippen LogP contribution in [0.15, 0.2) is 0 Å². The first-order chi connectivity index (χ1) is 9.45. The fourth-order valence-corrected chi connectivity index (χ4v) is 2.98. The number of hydrogen-bond acceptors (Lipinski definition) is 3. The molecule has 2 amide bonds. The molecule has 4 N–H and O–H groups in total. The number of nitrogens with one attached hydrogen (secondary N) is 2. The number of nitrogens with two attached hydrogens (primary N) is 1. The summed E-state index contributed by atoms with van der Waals surface area (Å²) in [6, 6.07) is 0. The van der Waals surface area contributed by atoms with E-state index < -0.39 is 11.4 Å². The average molecular weight is 283 g/mol. The Morgan fingerprint density at radius 2 is 2.05 bits per heavy atom. The third kappa shape index (κ3) is 4.20. The van der Waals surface area contributed by atoms with Crippen LogP contribution in [0.2, 0.25) is 0 Å². The minimum absolute atomic E-state index is 0.0643. The molecule has 1 aliphatic heterocycles. The van der Waals surface area contributed by atoms with E-state index in [4.69, 9.17) is 5.73 Å². The van der Waals surface area contributed by atoms with Gasteiger partial charge in [-0.3, -0.25) is 9.59 Å². The van der Waals surface area contributed by atoms with Crippen LogP contribution in [-0.4, -0.2) is 30.4 Å². The van der Waals surface area contributed by atoms with Gasteiger partial charge in [-0.05, 0) is 50.6 Å². The minimum atomic E-state index is -0.887. The number of primary amides is 1. The van der Waals surface area contributed by atoms with Gasteiger partial charge in [-0.2, -0.15) is 0 Å². The Hall–Kier alpha value is -1.10. The summed E-state index contributed by atoms with van der Waals surface area (Å²) in [5, 5.41) is 6.24. The van der Waals surface area contributed by atoms with Gasteiger partial charge in [0.2, 0.25) is 11.8 Å². The second kappa shape index (κ2) is 7.62. The van der Waals surface area contributed by atoms with Crippen molar-refractivity contribution in [3.63, 3.8) is 0 Å². The molecule has 0 saturated carbocycles. The molecular formula is C15H29N3O2. The maximum Gasteiger partial charge on any atom is 0.243 e. The minimum Gasteiger partial charge on any atom is -0.368 e. The molecule has 0 bridgehead atoms. The smallest absolute Gasteiger partial charge is 0.243 e. The molecule has 1 heterocycles. The van der Waals surface area contributed by atoms with Crippen LogP contribution in [0.1, 0.15) is 52.9 Å². The standard InChI is InChI=1S/C15H29N3O2/c1-4-15(5-2,14(16)20)18-13(19)9-11(3)12-7-6-8-17-10-12/h11-12,17H,4-10H2,1-3H3,(H2,16,20)(H,18,19). The van der Waals surface area contributed by atoms with Crippen molar-refractivity contribution in [2.45, 2.75) is 58.4 Å². The lowest BCUT2D eigenvalue weighted by Crippen LogP contribution is -2.57. The van der Waals surface area contributed by atoms with Gasteiger partial charge >= 0.3 is 0 Å². The number of piperidine rings is 1. The molecule has 116 valence electrons. The van der Waals surface area contributed by atoms with Crippen molar-refractivity contribution in [3.05, 3.63) is 0 Å². The fourth-order valence-electron chi connectivity index (χ4n) is 2.98. The molecular weight excluding hydrogens is 254 g/mol. The number of carbonyl (C=O) groups is 2. The van der Waals surface area contributed by atoms with Crippen LogP contribution >= 0.6 is 0 Å². The second-order valence-corrected chi connectivity index (χ2v) is 5.99. The molecule has 0 radical (unpaired) electrons. The van der Waals surface area contributed by atoms with Crippen molar-refractivity contribution < 1.29 is 9.59 Å². The average Bonchev–Trinajstić information content (AvgIpc) is 2.45. The van der Waals surface area contributed by atoms with Gasteiger partial charge in [0.15, 0.2) is 0 Å². The Morgan fingerprint density at radius 1 is 1.40 bits per heavy atom. The van der Waals surface area contributed by atoms with Gasteiger partial charge in [0, 0.05) is 6.42 Å². The number of hydrogen-bond donors (Lipinski definition) is 3. The molecule has 1 fully saturated rings. The molecule has 0 spiro atoms. The first-order valence-corrected chi connectivity index (χ1v) is 7.76. The van der Waals surface area contributed by atoms with E-state index in [1.165, 1.54) is 12.8 Å². The first kappa shape index (κ1) is 17.0. The van der Waals surface area contributed by atoms with E-state index in [2.05, 4.69) is 17.6 Å². The molecule has 0 aromatic rings. The summed E-state index contributed by atoms with van der Waals surface area (Å²) in [5.74, 6) is 0.358. The maximum atomic E-state index is 12.2. The van der Waals surface area contributed by atoms with Crippen molar-refractivity contribution in [1.29, 1.82) is 0 Å². The van der Waals surface area contributed by atoms with Crippen molar-refractivity contribution in [2.75, 3.05) is 13.1 Å². The van der Waals surface area contributed by atoms with Crippen LogP contribution in [0.25, 0.3) is 0 Å². The number of carbonyl (C=O) groups excluding carboxylic acids is 2. The zero-order valence-electron chi connectivity index (χ0n) is 13.0. The largest absolute Gasteiger partial charge is 0.368 e. The molecule has 0 aromatic heterocycles. The van der Waals surface area contributed by atoms with E-state index in [1.54, 1.807) is 0 Å². The van der Waals surface area contributed by atoms with E-state index in [9.17, 15) is 9.59 Å². The topological polar surface area (TPSA) is 84.2 Å². The Kier molecular flexibility index (Phi) is 6.46. The van der Waals surface area contributed by atoms with E-state index in [-0.39, 0.29) is 5.91 Å². The third-order valence-corrected chi connectivity index (χ3v) is 4.70. The highest BCUT2D eigenvalue weighted by Crippen LogP contribution is 2.23. The van der Waals surface area contributed by atoms with Crippen molar-refractivity contribution in [2.24, 2.45) is 17.6 Å². The van der Waals surface area contributed by atoms with Crippen LogP contribution in [0.5, 0.6) is 0 Å². The Balaban J connectivity index is 2.54. The molecule has 1 rings (SSSR count). The molecule has 1 aliphatic rings. The summed E-state index contributed by atoms with van der Waals surface area (Å²) < 4.78 is 0.